The van der Waals surface area contributed by atoms with E-state index >= 15 is 0 Å². The Morgan fingerprint density at radius 2 is 2.25 bits per heavy atom. The van der Waals surface area contributed by atoms with Gasteiger partial charge in [-0.05, 0) is 25.6 Å². The van der Waals surface area contributed by atoms with Crippen molar-refractivity contribution in [2.24, 2.45) is 17.9 Å². The van der Waals surface area contributed by atoms with Crippen LogP contribution in [0, 0.1) is 13.8 Å². The molecule has 0 fully saturated rings. The second-order valence-electron chi connectivity index (χ2n) is 4.17. The Morgan fingerprint density at radius 1 is 1.55 bits per heavy atom. The first-order valence-electron chi connectivity index (χ1n) is 5.69. The average molecular weight is 294 g/mol. The zero-order valence-electron chi connectivity index (χ0n) is 11.2. The number of amidine groups is 1. The minimum absolute atomic E-state index is 0.0342. The van der Waals surface area contributed by atoms with E-state index in [1.807, 2.05) is 0 Å². The number of aryl methyl sites for hydroxylation is 3. The van der Waals surface area contributed by atoms with Crippen molar-refractivity contribution in [1.29, 1.82) is 0 Å². The summed E-state index contributed by atoms with van der Waals surface area (Å²) < 4.78 is 1.59. The van der Waals surface area contributed by atoms with E-state index in [4.69, 9.17) is 10.9 Å². The number of nitrogens with one attached hydrogen (secondary N) is 1. The van der Waals surface area contributed by atoms with Crippen molar-refractivity contribution < 1.29 is 5.21 Å². The summed E-state index contributed by atoms with van der Waals surface area (Å²) in [6.07, 6.45) is 0. The van der Waals surface area contributed by atoms with Crippen molar-refractivity contribution in [3.8, 4) is 0 Å². The van der Waals surface area contributed by atoms with Gasteiger partial charge in [-0.25, -0.2) is 4.98 Å². The van der Waals surface area contributed by atoms with Crippen molar-refractivity contribution in [3.63, 3.8) is 0 Å². The van der Waals surface area contributed by atoms with Gasteiger partial charge in [-0.1, -0.05) is 5.16 Å². The average Bonchev–Trinajstić information content (AvgIpc) is 2.62. The smallest absolute Gasteiger partial charge is 0.251 e. The minimum Gasteiger partial charge on any atom is -0.409 e. The molecule has 2 rings (SSSR count). The van der Waals surface area contributed by atoms with Gasteiger partial charge in [0, 0.05) is 18.8 Å². The molecule has 0 radical (unpaired) electrons. The van der Waals surface area contributed by atoms with Gasteiger partial charge in [0.1, 0.15) is 5.03 Å². The van der Waals surface area contributed by atoms with E-state index in [2.05, 4.69) is 20.2 Å². The van der Waals surface area contributed by atoms with Crippen LogP contribution in [0.4, 0.5) is 0 Å². The number of hydrogen-bond donors (Lipinski definition) is 3. The van der Waals surface area contributed by atoms with Crippen molar-refractivity contribution in [3.05, 3.63) is 33.4 Å². The van der Waals surface area contributed by atoms with Crippen molar-refractivity contribution in [1.82, 2.24) is 19.7 Å². The predicted molar refractivity (Wildman–Crippen MR) is 74.2 cm³/mol. The van der Waals surface area contributed by atoms with Crippen molar-refractivity contribution >= 4 is 17.6 Å². The third-order valence-corrected chi connectivity index (χ3v) is 3.62. The largest absolute Gasteiger partial charge is 0.409 e. The quantitative estimate of drug-likeness (QED) is 0.247. The topological polar surface area (TPSA) is 122 Å². The lowest BCUT2D eigenvalue weighted by Gasteiger charge is -2.05. The standard InChI is InChI=1S/C11H14N6O2S/c1-5-4-7(18)14-11(13-5)20-10-8(9(12)16-19)6(2)15-17(10)3/h4,19H,1-3H3,(H2,12,16)(H,13,14,18). The normalized spacial score (nSPS) is 11.8. The Bertz CT molecular complexity index is 733. The lowest BCUT2D eigenvalue weighted by molar-refractivity contribution is 0.318. The van der Waals surface area contributed by atoms with Crippen LogP contribution in [0.5, 0.6) is 0 Å². The fourth-order valence-electron chi connectivity index (χ4n) is 1.79. The van der Waals surface area contributed by atoms with Crippen LogP contribution in [0.25, 0.3) is 0 Å². The summed E-state index contributed by atoms with van der Waals surface area (Å²) in [5, 5.41) is 17.1. The number of nitrogens with zero attached hydrogens (tertiary/aromatic N) is 4. The van der Waals surface area contributed by atoms with Gasteiger partial charge in [-0.15, -0.1) is 0 Å². The number of hydrogen-bond acceptors (Lipinski definition) is 6. The number of aromatic nitrogens is 4. The minimum atomic E-state index is -0.232. The van der Waals surface area contributed by atoms with Crippen LogP contribution < -0.4 is 11.3 Å². The number of H-pyrrole nitrogens is 1. The lowest BCUT2D eigenvalue weighted by Crippen LogP contribution is -2.15. The highest BCUT2D eigenvalue weighted by molar-refractivity contribution is 7.99. The fraction of sp³-hybridized carbons (Fsp3) is 0.273. The molecule has 4 N–H and O–H groups in total. The van der Waals surface area contributed by atoms with Gasteiger partial charge in [0.2, 0.25) is 0 Å². The van der Waals surface area contributed by atoms with Crippen LogP contribution >= 0.6 is 11.8 Å². The zero-order chi connectivity index (χ0) is 14.9. The summed E-state index contributed by atoms with van der Waals surface area (Å²) in [7, 11) is 1.73. The van der Waals surface area contributed by atoms with E-state index in [-0.39, 0.29) is 11.4 Å². The molecular weight excluding hydrogens is 280 g/mol. The van der Waals surface area contributed by atoms with Gasteiger partial charge in [0.25, 0.3) is 5.56 Å². The number of rotatable bonds is 3. The maximum Gasteiger partial charge on any atom is 0.251 e. The molecule has 2 heterocycles. The van der Waals surface area contributed by atoms with E-state index < -0.39 is 0 Å². The van der Waals surface area contributed by atoms with Crippen LogP contribution in [0.3, 0.4) is 0 Å². The summed E-state index contributed by atoms with van der Waals surface area (Å²) in [6, 6.07) is 1.41. The highest BCUT2D eigenvalue weighted by Gasteiger charge is 2.19. The third kappa shape index (κ3) is 2.67. The van der Waals surface area contributed by atoms with Crippen molar-refractivity contribution in [2.75, 3.05) is 0 Å². The van der Waals surface area contributed by atoms with E-state index in [0.717, 1.165) is 0 Å². The first-order valence-corrected chi connectivity index (χ1v) is 6.51. The SMILES string of the molecule is Cc1cc(=O)[nH]c(Sc2c(C(N)=NO)c(C)nn2C)n1. The molecule has 106 valence electrons. The van der Waals surface area contributed by atoms with E-state index in [1.165, 1.54) is 17.8 Å². The van der Waals surface area contributed by atoms with E-state index in [0.29, 0.717) is 27.1 Å². The maximum atomic E-state index is 11.4. The Kier molecular flexibility index (Phi) is 3.79. The summed E-state index contributed by atoms with van der Waals surface area (Å²) in [5.74, 6) is -0.0342. The summed E-state index contributed by atoms with van der Waals surface area (Å²) >= 11 is 1.20. The van der Waals surface area contributed by atoms with Gasteiger partial charge in [-0.3, -0.25) is 9.48 Å². The second-order valence-corrected chi connectivity index (χ2v) is 5.15. The molecule has 0 saturated heterocycles. The van der Waals surface area contributed by atoms with Gasteiger partial charge >= 0.3 is 0 Å². The van der Waals surface area contributed by atoms with Crippen LogP contribution in [0.1, 0.15) is 17.0 Å². The molecule has 0 spiro atoms. The maximum absolute atomic E-state index is 11.4. The van der Waals surface area contributed by atoms with Crippen LogP contribution in [0.2, 0.25) is 0 Å². The van der Waals surface area contributed by atoms with E-state index in [9.17, 15) is 4.79 Å². The summed E-state index contributed by atoms with van der Waals surface area (Å²) in [5.41, 5.74) is 7.19. The molecule has 2 aromatic rings. The Morgan fingerprint density at radius 3 is 2.85 bits per heavy atom. The van der Waals surface area contributed by atoms with Crippen LogP contribution in [0.15, 0.2) is 26.2 Å². The Labute approximate surface area is 118 Å². The summed E-state index contributed by atoms with van der Waals surface area (Å²) in [4.78, 5) is 18.3. The molecule has 0 aromatic carbocycles. The lowest BCUT2D eigenvalue weighted by atomic mass is 10.2. The van der Waals surface area contributed by atoms with Gasteiger partial charge in [0.05, 0.1) is 11.3 Å². The van der Waals surface area contributed by atoms with Crippen LogP contribution in [-0.4, -0.2) is 30.8 Å². The van der Waals surface area contributed by atoms with Gasteiger partial charge in [-0.2, -0.15) is 5.10 Å². The monoisotopic (exact) mass is 294 g/mol. The van der Waals surface area contributed by atoms with Gasteiger partial charge in [0.15, 0.2) is 11.0 Å². The van der Waals surface area contributed by atoms with E-state index in [1.54, 1.807) is 25.6 Å². The molecule has 0 aliphatic rings. The number of aromatic amines is 1. The van der Waals surface area contributed by atoms with Crippen LogP contribution in [-0.2, 0) is 7.05 Å². The molecule has 0 atom stereocenters. The molecule has 8 nitrogen and oxygen atoms in total. The number of oxime groups is 1. The van der Waals surface area contributed by atoms with Gasteiger partial charge < -0.3 is 15.9 Å². The second kappa shape index (κ2) is 5.37. The molecule has 2 aromatic heterocycles. The molecule has 0 amide bonds. The highest BCUT2D eigenvalue weighted by atomic mass is 32.2. The molecule has 0 bridgehead atoms. The highest BCUT2D eigenvalue weighted by Crippen LogP contribution is 2.28. The molecular formula is C11H14N6O2S. The zero-order valence-corrected chi connectivity index (χ0v) is 12.0. The predicted octanol–water partition coefficient (Wildman–Crippen LogP) is 0.366. The first kappa shape index (κ1) is 14.1. The summed E-state index contributed by atoms with van der Waals surface area (Å²) in [6.45, 7) is 3.49. The molecule has 0 unspecified atom stereocenters. The third-order valence-electron chi connectivity index (χ3n) is 2.57. The Hall–Kier alpha value is -2.29. The fourth-order valence-corrected chi connectivity index (χ4v) is 2.84. The number of nitrogens with two attached hydrogens (primary N) is 1. The van der Waals surface area contributed by atoms with Crippen molar-refractivity contribution in [2.45, 2.75) is 24.0 Å². The molecule has 0 saturated carbocycles. The molecule has 0 aliphatic heterocycles. The molecule has 9 heteroatoms. The Balaban J connectivity index is 2.51. The molecule has 20 heavy (non-hydrogen) atoms. The molecule has 0 aliphatic carbocycles. The first-order chi connectivity index (χ1) is 9.42.